The monoisotopic (exact) mass is 264 g/mol. The third-order valence-electron chi connectivity index (χ3n) is 4.14. The lowest BCUT2D eigenvalue weighted by atomic mass is 9.98. The van der Waals surface area contributed by atoms with Gasteiger partial charge in [0.05, 0.1) is 17.2 Å². The molecule has 1 aliphatic rings. The molecule has 0 saturated heterocycles. The Bertz CT molecular complexity index is 775. The highest BCUT2D eigenvalue weighted by atomic mass is 15.1. The number of pyridine rings is 1. The van der Waals surface area contributed by atoms with Crippen molar-refractivity contribution in [2.24, 2.45) is 7.05 Å². The molecule has 4 rings (SSSR count). The van der Waals surface area contributed by atoms with Crippen LogP contribution < -0.4 is 5.32 Å². The molecule has 0 spiro atoms. The van der Waals surface area contributed by atoms with Crippen LogP contribution in [0.15, 0.2) is 42.7 Å². The van der Waals surface area contributed by atoms with Crippen LogP contribution in [0.2, 0.25) is 0 Å². The van der Waals surface area contributed by atoms with Crippen molar-refractivity contribution in [3.63, 3.8) is 0 Å². The first-order valence-corrected chi connectivity index (χ1v) is 6.91. The topological polar surface area (TPSA) is 42.7 Å². The first-order chi connectivity index (χ1) is 9.83. The van der Waals surface area contributed by atoms with E-state index in [2.05, 4.69) is 46.2 Å². The van der Waals surface area contributed by atoms with Crippen LogP contribution >= 0.6 is 0 Å². The summed E-state index contributed by atoms with van der Waals surface area (Å²) in [6.07, 6.45) is 4.63. The van der Waals surface area contributed by atoms with Crippen LogP contribution in [0.25, 0.3) is 11.0 Å². The summed E-state index contributed by atoms with van der Waals surface area (Å²) in [5, 5.41) is 3.47. The maximum Gasteiger partial charge on any atom is 0.110 e. The molecule has 0 saturated carbocycles. The largest absolute Gasteiger partial charge is 0.384 e. The predicted molar refractivity (Wildman–Crippen MR) is 79.9 cm³/mol. The lowest BCUT2D eigenvalue weighted by molar-refractivity contribution is 0.686. The van der Waals surface area contributed by atoms with Gasteiger partial charge in [0.15, 0.2) is 0 Å². The number of nitrogens with zero attached hydrogens (tertiary/aromatic N) is 3. The predicted octanol–water partition coefficient (Wildman–Crippen LogP) is 2.72. The Morgan fingerprint density at radius 2 is 2.20 bits per heavy atom. The zero-order valence-electron chi connectivity index (χ0n) is 11.4. The van der Waals surface area contributed by atoms with E-state index < -0.39 is 0 Å². The number of fused-ring (bicyclic) bond motifs is 2. The molecule has 0 fully saturated rings. The summed E-state index contributed by atoms with van der Waals surface area (Å²) in [4.78, 5) is 8.93. The van der Waals surface area contributed by atoms with Crippen molar-refractivity contribution in [2.75, 3.05) is 11.9 Å². The normalized spacial score (nSPS) is 17.1. The minimum absolute atomic E-state index is 0.495. The molecule has 0 aliphatic carbocycles. The quantitative estimate of drug-likeness (QED) is 0.774. The van der Waals surface area contributed by atoms with Crippen LogP contribution in [0.5, 0.6) is 0 Å². The van der Waals surface area contributed by atoms with Crippen LogP contribution in [0.1, 0.15) is 17.3 Å². The Balaban J connectivity index is 1.71. The Kier molecular flexibility index (Phi) is 2.49. The fraction of sp³-hybridized carbons (Fsp3) is 0.250. The van der Waals surface area contributed by atoms with Gasteiger partial charge in [0, 0.05) is 37.8 Å². The number of aryl methyl sites for hydroxylation is 1. The van der Waals surface area contributed by atoms with E-state index in [4.69, 9.17) is 4.98 Å². The molecule has 1 unspecified atom stereocenters. The van der Waals surface area contributed by atoms with Crippen LogP contribution in [-0.2, 0) is 13.5 Å². The summed E-state index contributed by atoms with van der Waals surface area (Å²) in [5.74, 6) is 1.62. The van der Waals surface area contributed by atoms with Crippen molar-refractivity contribution >= 4 is 16.7 Å². The summed E-state index contributed by atoms with van der Waals surface area (Å²) in [6.45, 7) is 0.987. The lowest BCUT2D eigenvalue weighted by Crippen LogP contribution is -2.09. The van der Waals surface area contributed by atoms with E-state index in [-0.39, 0.29) is 0 Å². The van der Waals surface area contributed by atoms with E-state index in [1.54, 1.807) is 6.20 Å². The Labute approximate surface area is 117 Å². The molecule has 20 heavy (non-hydrogen) atoms. The van der Waals surface area contributed by atoms with Crippen molar-refractivity contribution < 1.29 is 0 Å². The Hall–Kier alpha value is -2.36. The van der Waals surface area contributed by atoms with Crippen LogP contribution in [0, 0.1) is 0 Å². The first-order valence-electron chi connectivity index (χ1n) is 6.91. The molecule has 0 radical (unpaired) electrons. The molecule has 1 aromatic carbocycles. The van der Waals surface area contributed by atoms with E-state index >= 15 is 0 Å². The summed E-state index contributed by atoms with van der Waals surface area (Å²) in [5.41, 5.74) is 4.79. The molecule has 1 atom stereocenters. The second-order valence-electron chi connectivity index (χ2n) is 5.32. The van der Waals surface area contributed by atoms with Crippen LogP contribution in [0.4, 0.5) is 5.69 Å². The van der Waals surface area contributed by atoms with Gasteiger partial charge in [-0.25, -0.2) is 4.98 Å². The molecule has 3 aromatic rings. The van der Waals surface area contributed by atoms with Gasteiger partial charge in [0.2, 0.25) is 0 Å². The number of nitrogens with one attached hydrogen (secondary N) is 1. The molecule has 100 valence electrons. The Morgan fingerprint density at radius 3 is 3.10 bits per heavy atom. The van der Waals surface area contributed by atoms with Gasteiger partial charge in [0.25, 0.3) is 0 Å². The van der Waals surface area contributed by atoms with Gasteiger partial charge in [-0.15, -0.1) is 0 Å². The number of hydrogen-bond acceptors (Lipinski definition) is 3. The third kappa shape index (κ3) is 1.68. The highest BCUT2D eigenvalue weighted by Crippen LogP contribution is 2.33. The van der Waals surface area contributed by atoms with Gasteiger partial charge in [-0.2, -0.15) is 0 Å². The average Bonchev–Trinajstić information content (AvgIpc) is 3.03. The summed E-state index contributed by atoms with van der Waals surface area (Å²) < 4.78 is 2.16. The SMILES string of the molecule is Cn1c(CC2CNc3ccccc32)nc2ccncc21. The molecular formula is C16H16N4. The smallest absolute Gasteiger partial charge is 0.110 e. The van der Waals surface area contributed by atoms with Crippen molar-refractivity contribution in [2.45, 2.75) is 12.3 Å². The Morgan fingerprint density at radius 1 is 1.30 bits per heavy atom. The summed E-state index contributed by atoms with van der Waals surface area (Å²) in [6, 6.07) is 10.5. The highest BCUT2D eigenvalue weighted by molar-refractivity contribution is 5.74. The average molecular weight is 264 g/mol. The van der Waals surface area contributed by atoms with Crippen LogP contribution in [0.3, 0.4) is 0 Å². The molecule has 4 nitrogen and oxygen atoms in total. The van der Waals surface area contributed by atoms with E-state index in [1.165, 1.54) is 11.3 Å². The second-order valence-corrected chi connectivity index (χ2v) is 5.32. The maximum absolute atomic E-state index is 4.74. The van der Waals surface area contributed by atoms with Gasteiger partial charge in [-0.1, -0.05) is 18.2 Å². The first kappa shape index (κ1) is 11.5. The number of imidazole rings is 1. The van der Waals surface area contributed by atoms with Gasteiger partial charge in [-0.3, -0.25) is 4.98 Å². The van der Waals surface area contributed by atoms with Crippen molar-refractivity contribution in [3.05, 3.63) is 54.1 Å². The molecule has 0 amide bonds. The second kappa shape index (κ2) is 4.34. The summed E-state index contributed by atoms with van der Waals surface area (Å²) >= 11 is 0. The van der Waals surface area contributed by atoms with E-state index in [9.17, 15) is 0 Å². The van der Waals surface area contributed by atoms with E-state index in [0.717, 1.165) is 29.8 Å². The minimum Gasteiger partial charge on any atom is -0.384 e. The molecule has 1 aliphatic heterocycles. The van der Waals surface area contributed by atoms with Crippen molar-refractivity contribution in [1.82, 2.24) is 14.5 Å². The number of hydrogen-bond donors (Lipinski definition) is 1. The van der Waals surface area contributed by atoms with Gasteiger partial charge >= 0.3 is 0 Å². The fourth-order valence-electron chi connectivity index (χ4n) is 3.03. The standard InChI is InChI=1S/C16H16N4/c1-20-15-10-17-7-6-14(15)19-16(20)8-11-9-18-13-5-3-2-4-12(11)13/h2-7,10-11,18H,8-9H2,1H3. The van der Waals surface area contributed by atoms with E-state index in [1.807, 2.05) is 12.3 Å². The molecule has 4 heteroatoms. The van der Waals surface area contributed by atoms with Gasteiger partial charge < -0.3 is 9.88 Å². The summed E-state index contributed by atoms with van der Waals surface area (Å²) in [7, 11) is 2.07. The molecule has 1 N–H and O–H groups in total. The van der Waals surface area contributed by atoms with Crippen molar-refractivity contribution in [3.8, 4) is 0 Å². The third-order valence-corrected chi connectivity index (χ3v) is 4.14. The van der Waals surface area contributed by atoms with Crippen LogP contribution in [-0.4, -0.2) is 21.1 Å². The maximum atomic E-state index is 4.74. The molecule has 0 bridgehead atoms. The van der Waals surface area contributed by atoms with Gasteiger partial charge in [0.1, 0.15) is 5.82 Å². The molecular weight excluding hydrogens is 248 g/mol. The minimum atomic E-state index is 0.495. The number of benzene rings is 1. The zero-order chi connectivity index (χ0) is 13.5. The number of aromatic nitrogens is 3. The lowest BCUT2D eigenvalue weighted by Gasteiger charge is -2.09. The van der Waals surface area contributed by atoms with Crippen molar-refractivity contribution in [1.29, 1.82) is 0 Å². The highest BCUT2D eigenvalue weighted by Gasteiger charge is 2.23. The molecule has 3 heterocycles. The van der Waals surface area contributed by atoms with Gasteiger partial charge in [-0.05, 0) is 17.7 Å². The number of rotatable bonds is 2. The zero-order valence-corrected chi connectivity index (χ0v) is 11.4. The van der Waals surface area contributed by atoms with E-state index in [0.29, 0.717) is 5.92 Å². The number of para-hydroxylation sites is 1. The number of anilines is 1. The fourth-order valence-corrected chi connectivity index (χ4v) is 3.03. The molecule has 2 aromatic heterocycles.